The summed E-state index contributed by atoms with van der Waals surface area (Å²) in [6.07, 6.45) is 0. The van der Waals surface area contributed by atoms with E-state index in [4.69, 9.17) is 16.3 Å². The lowest BCUT2D eigenvalue weighted by Crippen LogP contribution is -2.49. The van der Waals surface area contributed by atoms with Crippen LogP contribution in [0.5, 0.6) is 5.75 Å². The summed E-state index contributed by atoms with van der Waals surface area (Å²) in [7, 11) is 1.62. The largest absolute Gasteiger partial charge is 0.497 e. The van der Waals surface area contributed by atoms with E-state index in [1.54, 1.807) is 41.2 Å². The van der Waals surface area contributed by atoms with Gasteiger partial charge in [-0.3, -0.25) is 14.5 Å². The van der Waals surface area contributed by atoms with E-state index < -0.39 is 4.87 Å². The van der Waals surface area contributed by atoms with E-state index in [1.807, 2.05) is 48.5 Å². The maximum absolute atomic E-state index is 14.0. The molecule has 0 bridgehead atoms. The molecule has 2 heterocycles. The van der Waals surface area contributed by atoms with Crippen LogP contribution in [0.1, 0.15) is 11.1 Å². The Bertz CT molecular complexity index is 1170. The average molecular weight is 451 g/mol. The van der Waals surface area contributed by atoms with Gasteiger partial charge >= 0.3 is 0 Å². The number of ether oxygens (including phenoxy) is 1. The monoisotopic (exact) mass is 450 g/mol. The van der Waals surface area contributed by atoms with Gasteiger partial charge in [-0.2, -0.15) is 0 Å². The average Bonchev–Trinajstić information content (AvgIpc) is 3.26. The molecule has 0 aliphatic carbocycles. The molecule has 2 aliphatic heterocycles. The van der Waals surface area contributed by atoms with Crippen LogP contribution >= 0.6 is 23.4 Å². The fourth-order valence-electron chi connectivity index (χ4n) is 4.22. The Kier molecular flexibility index (Phi) is 4.91. The molecule has 31 heavy (non-hydrogen) atoms. The van der Waals surface area contributed by atoms with Gasteiger partial charge in [-0.25, -0.2) is 0 Å². The van der Waals surface area contributed by atoms with Crippen molar-refractivity contribution in [3.05, 3.63) is 88.9 Å². The molecule has 1 unspecified atom stereocenters. The third kappa shape index (κ3) is 3.09. The third-order valence-corrected chi connectivity index (χ3v) is 7.29. The molecule has 0 saturated carbocycles. The van der Waals surface area contributed by atoms with Gasteiger partial charge in [0.1, 0.15) is 5.75 Å². The third-order valence-electron chi connectivity index (χ3n) is 5.65. The molecule has 0 radical (unpaired) electrons. The van der Waals surface area contributed by atoms with Crippen LogP contribution in [0.4, 0.5) is 11.4 Å². The number of amides is 2. The number of fused-ring (bicyclic) bond motifs is 2. The molecule has 0 aromatic heterocycles. The molecule has 5 nitrogen and oxygen atoms in total. The van der Waals surface area contributed by atoms with E-state index in [9.17, 15) is 9.59 Å². The van der Waals surface area contributed by atoms with E-state index in [-0.39, 0.29) is 17.6 Å². The second-order valence-electron chi connectivity index (χ2n) is 7.39. The first-order valence-electron chi connectivity index (χ1n) is 9.81. The molecule has 1 fully saturated rings. The van der Waals surface area contributed by atoms with Crippen LogP contribution in [-0.2, 0) is 21.0 Å². The van der Waals surface area contributed by atoms with Crippen molar-refractivity contribution in [2.24, 2.45) is 0 Å². The number of hydrogen-bond acceptors (Lipinski definition) is 4. The van der Waals surface area contributed by atoms with Crippen LogP contribution in [0.25, 0.3) is 0 Å². The maximum atomic E-state index is 14.0. The number of carbonyl (C=O) groups is 2. The lowest BCUT2D eigenvalue weighted by Gasteiger charge is -2.33. The van der Waals surface area contributed by atoms with Crippen LogP contribution in [0.15, 0.2) is 72.8 Å². The molecule has 156 valence electrons. The fourth-order valence-corrected chi connectivity index (χ4v) is 5.70. The number of benzene rings is 3. The molecule has 1 saturated heterocycles. The van der Waals surface area contributed by atoms with Gasteiger partial charge in [0.25, 0.3) is 5.91 Å². The standard InChI is InChI=1S/C24H19ClN2O3S/c1-30-19-12-6-16(7-13-19)14-26-21-5-3-2-4-20(21)24(23(26)29)27(22(28)15-31-24)18-10-8-17(25)9-11-18/h2-13H,14-15H2,1H3. The molecule has 1 spiro atoms. The highest BCUT2D eigenvalue weighted by molar-refractivity contribution is 8.02. The first-order valence-corrected chi connectivity index (χ1v) is 11.2. The number of para-hydroxylation sites is 1. The van der Waals surface area contributed by atoms with Gasteiger partial charge in [0.2, 0.25) is 10.8 Å². The molecule has 2 aliphatic rings. The van der Waals surface area contributed by atoms with E-state index >= 15 is 0 Å². The Balaban J connectivity index is 1.59. The molecule has 1 atom stereocenters. The summed E-state index contributed by atoms with van der Waals surface area (Å²) in [4.78, 5) is 29.3. The highest BCUT2D eigenvalue weighted by Crippen LogP contribution is 2.55. The van der Waals surface area contributed by atoms with Gasteiger partial charge in [-0.1, -0.05) is 41.9 Å². The fraction of sp³-hybridized carbons (Fsp3) is 0.167. The SMILES string of the molecule is COc1ccc(CN2C(=O)C3(SCC(=O)N3c3ccc(Cl)cc3)c3ccccc32)cc1. The Hall–Kier alpha value is -2.96. The molecule has 2 amide bonds. The number of rotatable bonds is 4. The Morgan fingerprint density at radius 1 is 1.00 bits per heavy atom. The molecular formula is C24H19ClN2O3S. The van der Waals surface area contributed by atoms with Crippen LogP contribution in [0.2, 0.25) is 5.02 Å². The molecule has 3 aromatic carbocycles. The summed E-state index contributed by atoms with van der Waals surface area (Å²) in [5.41, 5.74) is 3.30. The van der Waals surface area contributed by atoms with Crippen LogP contribution in [0.3, 0.4) is 0 Å². The predicted molar refractivity (Wildman–Crippen MR) is 124 cm³/mol. The van der Waals surface area contributed by atoms with Gasteiger partial charge in [0, 0.05) is 16.3 Å². The second-order valence-corrected chi connectivity index (χ2v) is 9.00. The number of carbonyl (C=O) groups excluding carboxylic acids is 2. The normalized spacial score (nSPS) is 19.9. The van der Waals surface area contributed by atoms with Gasteiger partial charge < -0.3 is 9.64 Å². The number of halogens is 1. The lowest BCUT2D eigenvalue weighted by atomic mass is 10.0. The van der Waals surface area contributed by atoms with Crippen LogP contribution < -0.4 is 14.5 Å². The first kappa shape index (κ1) is 20.0. The topological polar surface area (TPSA) is 49.9 Å². The number of hydrogen-bond donors (Lipinski definition) is 0. The second kappa shape index (κ2) is 7.62. The van der Waals surface area contributed by atoms with Crippen molar-refractivity contribution in [2.45, 2.75) is 11.4 Å². The summed E-state index contributed by atoms with van der Waals surface area (Å²) in [6, 6.07) is 22.4. The van der Waals surface area contributed by atoms with E-state index in [2.05, 4.69) is 0 Å². The van der Waals surface area contributed by atoms with Crippen molar-refractivity contribution < 1.29 is 14.3 Å². The molecule has 3 aromatic rings. The van der Waals surface area contributed by atoms with Crippen molar-refractivity contribution in [1.29, 1.82) is 0 Å². The van der Waals surface area contributed by atoms with Gasteiger partial charge in [0.05, 0.1) is 25.1 Å². The first-order chi connectivity index (χ1) is 15.0. The smallest absolute Gasteiger partial charge is 0.269 e. The molecule has 7 heteroatoms. The summed E-state index contributed by atoms with van der Waals surface area (Å²) in [5.74, 6) is 0.787. The quantitative estimate of drug-likeness (QED) is 0.571. The number of thioether (sulfide) groups is 1. The lowest BCUT2D eigenvalue weighted by molar-refractivity contribution is -0.123. The Morgan fingerprint density at radius 2 is 1.71 bits per heavy atom. The van der Waals surface area contributed by atoms with Crippen molar-refractivity contribution in [1.82, 2.24) is 0 Å². The Morgan fingerprint density at radius 3 is 2.42 bits per heavy atom. The van der Waals surface area contributed by atoms with E-state index in [0.717, 1.165) is 22.6 Å². The minimum atomic E-state index is -1.12. The van der Waals surface area contributed by atoms with Crippen molar-refractivity contribution in [3.63, 3.8) is 0 Å². The highest BCUT2D eigenvalue weighted by Gasteiger charge is 2.60. The summed E-state index contributed by atoms with van der Waals surface area (Å²) >= 11 is 7.43. The zero-order valence-corrected chi connectivity index (χ0v) is 18.3. The number of nitrogens with zero attached hydrogens (tertiary/aromatic N) is 2. The van der Waals surface area contributed by atoms with Crippen molar-refractivity contribution in [3.8, 4) is 5.75 Å². The molecular weight excluding hydrogens is 432 g/mol. The summed E-state index contributed by atoms with van der Waals surface area (Å²) in [6.45, 7) is 0.408. The summed E-state index contributed by atoms with van der Waals surface area (Å²) in [5, 5.41) is 0.580. The predicted octanol–water partition coefficient (Wildman–Crippen LogP) is 4.83. The zero-order chi connectivity index (χ0) is 21.6. The van der Waals surface area contributed by atoms with E-state index in [1.165, 1.54) is 11.8 Å². The van der Waals surface area contributed by atoms with Gasteiger partial charge in [-0.05, 0) is 48.0 Å². The summed E-state index contributed by atoms with van der Waals surface area (Å²) < 4.78 is 5.24. The van der Waals surface area contributed by atoms with Crippen LogP contribution in [0, 0.1) is 0 Å². The molecule has 0 N–H and O–H groups in total. The van der Waals surface area contributed by atoms with Crippen molar-refractivity contribution >= 4 is 46.6 Å². The minimum absolute atomic E-state index is 0.0956. The number of methoxy groups -OCH3 is 1. The molecule has 5 rings (SSSR count). The Labute approximate surface area is 189 Å². The minimum Gasteiger partial charge on any atom is -0.497 e. The zero-order valence-electron chi connectivity index (χ0n) is 16.7. The number of anilines is 2. The van der Waals surface area contributed by atoms with Gasteiger partial charge in [0.15, 0.2) is 0 Å². The maximum Gasteiger partial charge on any atom is 0.269 e. The van der Waals surface area contributed by atoms with Crippen molar-refractivity contribution in [2.75, 3.05) is 22.7 Å². The van der Waals surface area contributed by atoms with E-state index in [0.29, 0.717) is 17.3 Å². The van der Waals surface area contributed by atoms with Crippen LogP contribution in [-0.4, -0.2) is 24.7 Å². The highest BCUT2D eigenvalue weighted by atomic mass is 35.5. The van der Waals surface area contributed by atoms with Gasteiger partial charge in [-0.15, -0.1) is 11.8 Å².